The Kier molecular flexibility index (Phi) is 6.46. The third-order valence-electron chi connectivity index (χ3n) is 5.06. The molecule has 2 N–H and O–H groups in total. The van der Waals surface area contributed by atoms with Crippen LogP contribution >= 0.6 is 0 Å². The molecule has 1 aliphatic heterocycles. The number of carbonyl (C=O) groups is 2. The monoisotopic (exact) mass is 438 g/mol. The quantitative estimate of drug-likeness (QED) is 0.561. The normalized spacial score (nSPS) is 15.6. The summed E-state index contributed by atoms with van der Waals surface area (Å²) in [6.07, 6.45) is 3.97. The molecule has 0 unspecified atom stereocenters. The standard InChI is InChI=1S/C23H23FN4O4/c1-15(29)26-12-19-13-28(23(30)32-19)18-3-4-20(21(24)8-18)22-5-2-16(11-27-22)9-25-10-17-6-7-31-14-17/h2-8,11,14,19,25H,9-10,12-13H2,1H3,(H,26,29)/t19-/m0/s1. The Balaban J connectivity index is 1.38. The molecule has 1 fully saturated rings. The van der Waals surface area contributed by atoms with E-state index in [4.69, 9.17) is 9.15 Å². The minimum Gasteiger partial charge on any atom is -0.472 e. The predicted molar refractivity (Wildman–Crippen MR) is 115 cm³/mol. The van der Waals surface area contributed by atoms with Gasteiger partial charge in [0, 0.05) is 37.3 Å². The number of hydrogen-bond acceptors (Lipinski definition) is 6. The lowest BCUT2D eigenvalue weighted by Gasteiger charge is -2.14. The van der Waals surface area contributed by atoms with Crippen molar-refractivity contribution in [3.63, 3.8) is 0 Å². The summed E-state index contributed by atoms with van der Waals surface area (Å²) in [5, 5.41) is 5.90. The molecule has 1 aliphatic rings. The van der Waals surface area contributed by atoms with E-state index in [0.717, 1.165) is 11.1 Å². The van der Waals surface area contributed by atoms with Crippen molar-refractivity contribution in [2.75, 3.05) is 18.0 Å². The molecule has 0 radical (unpaired) electrons. The molecule has 0 bridgehead atoms. The maximum Gasteiger partial charge on any atom is 0.414 e. The minimum absolute atomic E-state index is 0.206. The van der Waals surface area contributed by atoms with Crippen LogP contribution in [0.5, 0.6) is 0 Å². The summed E-state index contributed by atoms with van der Waals surface area (Å²) in [5.74, 6) is -0.693. The summed E-state index contributed by atoms with van der Waals surface area (Å²) in [4.78, 5) is 28.9. The van der Waals surface area contributed by atoms with Crippen LogP contribution in [0.1, 0.15) is 18.1 Å². The second-order valence-electron chi connectivity index (χ2n) is 7.50. The Bertz CT molecular complexity index is 1090. The van der Waals surface area contributed by atoms with Crippen LogP contribution in [0.25, 0.3) is 11.3 Å². The first-order chi connectivity index (χ1) is 15.5. The van der Waals surface area contributed by atoms with Crippen LogP contribution in [0.2, 0.25) is 0 Å². The highest BCUT2D eigenvalue weighted by Crippen LogP contribution is 2.28. The number of furan rings is 1. The van der Waals surface area contributed by atoms with E-state index in [-0.39, 0.29) is 19.0 Å². The summed E-state index contributed by atoms with van der Waals surface area (Å²) in [7, 11) is 0. The summed E-state index contributed by atoms with van der Waals surface area (Å²) < 4.78 is 25.1. The summed E-state index contributed by atoms with van der Waals surface area (Å²) in [6, 6.07) is 10.1. The SMILES string of the molecule is CC(=O)NC[C@H]1CN(c2ccc(-c3ccc(CNCc4ccoc4)cn3)c(F)c2)C(=O)O1. The van der Waals surface area contributed by atoms with Crippen LogP contribution in [0.4, 0.5) is 14.9 Å². The number of amides is 2. The molecule has 4 rings (SSSR count). The van der Waals surface area contributed by atoms with Gasteiger partial charge in [0.05, 0.1) is 37.0 Å². The number of hydrogen-bond donors (Lipinski definition) is 2. The first-order valence-electron chi connectivity index (χ1n) is 10.2. The fraction of sp³-hybridized carbons (Fsp3) is 0.261. The first-order valence-corrected chi connectivity index (χ1v) is 10.2. The van der Waals surface area contributed by atoms with Crippen molar-refractivity contribution in [3.8, 4) is 11.3 Å². The highest BCUT2D eigenvalue weighted by Gasteiger charge is 2.32. The van der Waals surface area contributed by atoms with Crippen molar-refractivity contribution in [1.82, 2.24) is 15.6 Å². The fourth-order valence-corrected chi connectivity index (χ4v) is 3.41. The number of aromatic nitrogens is 1. The molecule has 3 aromatic rings. The molecule has 2 amide bonds. The van der Waals surface area contributed by atoms with Crippen LogP contribution in [0.3, 0.4) is 0 Å². The molecule has 0 aliphatic carbocycles. The number of carbonyl (C=O) groups excluding carboxylic acids is 2. The highest BCUT2D eigenvalue weighted by molar-refractivity contribution is 5.90. The molecular weight excluding hydrogens is 415 g/mol. The lowest BCUT2D eigenvalue weighted by Crippen LogP contribution is -2.33. The van der Waals surface area contributed by atoms with Gasteiger partial charge in [-0.05, 0) is 35.9 Å². The van der Waals surface area contributed by atoms with Crippen molar-refractivity contribution >= 4 is 17.7 Å². The van der Waals surface area contributed by atoms with Gasteiger partial charge in [0.15, 0.2) is 0 Å². The molecule has 2 aromatic heterocycles. The number of cyclic esters (lactones) is 1. The maximum absolute atomic E-state index is 14.8. The van der Waals surface area contributed by atoms with E-state index in [1.807, 2.05) is 12.1 Å². The molecular formula is C23H23FN4O4. The van der Waals surface area contributed by atoms with E-state index in [2.05, 4.69) is 15.6 Å². The van der Waals surface area contributed by atoms with Gasteiger partial charge in [-0.1, -0.05) is 6.07 Å². The fourth-order valence-electron chi connectivity index (χ4n) is 3.41. The molecule has 3 heterocycles. The van der Waals surface area contributed by atoms with Gasteiger partial charge in [0.25, 0.3) is 0 Å². The number of anilines is 1. The molecule has 1 atom stereocenters. The number of rotatable bonds is 8. The van der Waals surface area contributed by atoms with Gasteiger partial charge in [-0.2, -0.15) is 0 Å². The Hall–Kier alpha value is -3.72. The van der Waals surface area contributed by atoms with E-state index in [0.29, 0.717) is 30.0 Å². The van der Waals surface area contributed by atoms with E-state index < -0.39 is 18.0 Å². The molecule has 0 saturated carbocycles. The third-order valence-corrected chi connectivity index (χ3v) is 5.06. The van der Waals surface area contributed by atoms with Gasteiger partial charge in [-0.3, -0.25) is 14.7 Å². The number of pyridine rings is 1. The zero-order chi connectivity index (χ0) is 22.5. The van der Waals surface area contributed by atoms with E-state index >= 15 is 0 Å². The maximum atomic E-state index is 14.8. The highest BCUT2D eigenvalue weighted by atomic mass is 19.1. The smallest absolute Gasteiger partial charge is 0.414 e. The second-order valence-corrected chi connectivity index (χ2v) is 7.50. The Labute approximate surface area is 184 Å². The first kappa shape index (κ1) is 21.5. The molecule has 0 spiro atoms. The number of ether oxygens (including phenoxy) is 1. The average molecular weight is 438 g/mol. The van der Waals surface area contributed by atoms with Crippen LogP contribution in [-0.4, -0.2) is 36.2 Å². The number of benzene rings is 1. The molecule has 9 heteroatoms. The van der Waals surface area contributed by atoms with Gasteiger partial charge in [0.1, 0.15) is 11.9 Å². The molecule has 32 heavy (non-hydrogen) atoms. The predicted octanol–water partition coefficient (Wildman–Crippen LogP) is 3.23. The average Bonchev–Trinajstić information content (AvgIpc) is 3.42. The Morgan fingerprint density at radius 1 is 1.22 bits per heavy atom. The molecule has 1 aromatic carbocycles. The third kappa shape index (κ3) is 5.12. The minimum atomic E-state index is -0.571. The van der Waals surface area contributed by atoms with Gasteiger partial charge < -0.3 is 19.8 Å². The summed E-state index contributed by atoms with van der Waals surface area (Å²) in [6.45, 7) is 3.14. The molecule has 8 nitrogen and oxygen atoms in total. The number of nitrogens with one attached hydrogen (secondary N) is 2. The van der Waals surface area contributed by atoms with Crippen molar-refractivity contribution in [3.05, 3.63) is 72.1 Å². The number of halogens is 1. The lowest BCUT2D eigenvalue weighted by molar-refractivity contribution is -0.119. The zero-order valence-corrected chi connectivity index (χ0v) is 17.5. The summed E-state index contributed by atoms with van der Waals surface area (Å²) in [5.41, 5.74) is 3.26. The van der Waals surface area contributed by atoms with E-state index in [1.54, 1.807) is 36.9 Å². The van der Waals surface area contributed by atoms with Crippen LogP contribution < -0.4 is 15.5 Å². The van der Waals surface area contributed by atoms with Crippen molar-refractivity contribution in [1.29, 1.82) is 0 Å². The van der Waals surface area contributed by atoms with Crippen LogP contribution in [0.15, 0.2) is 59.5 Å². The van der Waals surface area contributed by atoms with Gasteiger partial charge in [-0.15, -0.1) is 0 Å². The Morgan fingerprint density at radius 3 is 2.75 bits per heavy atom. The summed E-state index contributed by atoms with van der Waals surface area (Å²) >= 11 is 0. The Morgan fingerprint density at radius 2 is 2.06 bits per heavy atom. The largest absolute Gasteiger partial charge is 0.472 e. The van der Waals surface area contributed by atoms with E-state index in [9.17, 15) is 14.0 Å². The van der Waals surface area contributed by atoms with Crippen LogP contribution in [0, 0.1) is 5.82 Å². The topological polar surface area (TPSA) is 96.7 Å². The molecule has 166 valence electrons. The van der Waals surface area contributed by atoms with Gasteiger partial charge in [-0.25, -0.2) is 9.18 Å². The van der Waals surface area contributed by atoms with E-state index in [1.165, 1.54) is 17.9 Å². The lowest BCUT2D eigenvalue weighted by atomic mass is 10.1. The van der Waals surface area contributed by atoms with Crippen LogP contribution in [-0.2, 0) is 22.6 Å². The van der Waals surface area contributed by atoms with Crippen molar-refractivity contribution < 1.29 is 23.1 Å². The van der Waals surface area contributed by atoms with Gasteiger partial charge >= 0.3 is 6.09 Å². The molecule has 1 saturated heterocycles. The second kappa shape index (κ2) is 9.61. The zero-order valence-electron chi connectivity index (χ0n) is 17.5. The van der Waals surface area contributed by atoms with Gasteiger partial charge in [0.2, 0.25) is 5.91 Å². The van der Waals surface area contributed by atoms with Crippen molar-refractivity contribution in [2.24, 2.45) is 0 Å². The number of nitrogens with zero attached hydrogens (tertiary/aromatic N) is 2. The van der Waals surface area contributed by atoms with Crippen molar-refractivity contribution in [2.45, 2.75) is 26.1 Å².